The van der Waals surface area contributed by atoms with Crippen molar-refractivity contribution in [1.82, 2.24) is 4.90 Å². The normalized spacial score (nSPS) is 25.2. The largest absolute Gasteiger partial charge is 0.289 e. The number of benzene rings is 2. The van der Waals surface area contributed by atoms with Crippen LogP contribution < -0.4 is 0 Å². The van der Waals surface area contributed by atoms with E-state index in [0.29, 0.717) is 0 Å². The number of hydrogen-bond acceptors (Lipinski definition) is 1. The molecule has 0 saturated carbocycles. The Morgan fingerprint density at radius 3 is 2.30 bits per heavy atom. The van der Waals surface area contributed by atoms with E-state index in [1.54, 1.807) is 11.1 Å². The van der Waals surface area contributed by atoms with E-state index in [-0.39, 0.29) is 5.54 Å². The van der Waals surface area contributed by atoms with E-state index in [2.05, 4.69) is 60.5 Å². The zero-order valence-electron chi connectivity index (χ0n) is 12.1. The summed E-state index contributed by atoms with van der Waals surface area (Å²) >= 11 is 0. The van der Waals surface area contributed by atoms with Gasteiger partial charge in [-0.25, -0.2) is 0 Å². The van der Waals surface area contributed by atoms with Crippen molar-refractivity contribution < 1.29 is 0 Å². The molecule has 2 aromatic carbocycles. The van der Waals surface area contributed by atoms with Crippen LogP contribution >= 0.6 is 0 Å². The maximum Gasteiger partial charge on any atom is 0.0721 e. The fraction of sp³-hybridized carbons (Fsp3) is 0.368. The van der Waals surface area contributed by atoms with Crippen LogP contribution in [0.2, 0.25) is 0 Å². The van der Waals surface area contributed by atoms with E-state index >= 15 is 0 Å². The van der Waals surface area contributed by atoms with E-state index in [9.17, 15) is 0 Å². The molecular weight excluding hydrogens is 242 g/mol. The summed E-state index contributed by atoms with van der Waals surface area (Å²) in [5.41, 5.74) is 6.26. The van der Waals surface area contributed by atoms with Crippen molar-refractivity contribution in [2.75, 3.05) is 7.05 Å². The summed E-state index contributed by atoms with van der Waals surface area (Å²) in [5.74, 6) is 0. The van der Waals surface area contributed by atoms with Crippen LogP contribution in [-0.4, -0.2) is 11.9 Å². The molecule has 0 bridgehead atoms. The Bertz CT molecular complexity index is 646. The number of hydrogen-bond donors (Lipinski definition) is 0. The van der Waals surface area contributed by atoms with Crippen LogP contribution in [0.5, 0.6) is 0 Å². The fourth-order valence-electron chi connectivity index (χ4n) is 4.31. The summed E-state index contributed by atoms with van der Waals surface area (Å²) in [5, 5.41) is 0. The monoisotopic (exact) mass is 263 g/mol. The molecule has 1 spiro atoms. The highest BCUT2D eigenvalue weighted by Gasteiger charge is 2.45. The minimum absolute atomic E-state index is 0.115. The smallest absolute Gasteiger partial charge is 0.0721 e. The Hall–Kier alpha value is -1.60. The molecule has 2 aliphatic rings. The summed E-state index contributed by atoms with van der Waals surface area (Å²) in [6.45, 7) is 1.07. The molecule has 1 heterocycles. The van der Waals surface area contributed by atoms with Crippen molar-refractivity contribution in [3.63, 3.8) is 0 Å². The number of rotatable bonds is 0. The molecule has 0 radical (unpaired) electrons. The topological polar surface area (TPSA) is 3.24 Å². The molecule has 102 valence electrons. The van der Waals surface area contributed by atoms with E-state index < -0.39 is 0 Å². The molecule has 0 aromatic heterocycles. The highest BCUT2D eigenvalue weighted by Crippen LogP contribution is 2.49. The van der Waals surface area contributed by atoms with Crippen LogP contribution in [0.1, 0.15) is 41.5 Å². The average Bonchev–Trinajstić information content (AvgIpc) is 2.65. The standard InChI is InChI=1S/C19H21N/c1-20-14-16-10-3-5-12-18(16)19(20)13-7-6-9-15-8-2-4-11-17(15)19/h2-5,8,10-12H,6-7,9,13-14H2,1H3. The maximum atomic E-state index is 2.57. The quantitative estimate of drug-likeness (QED) is 0.691. The molecule has 0 amide bonds. The summed E-state index contributed by atoms with van der Waals surface area (Å²) in [7, 11) is 2.29. The zero-order chi connectivity index (χ0) is 13.6. The average molecular weight is 263 g/mol. The lowest BCUT2D eigenvalue weighted by Crippen LogP contribution is -2.39. The minimum Gasteiger partial charge on any atom is -0.289 e. The third-order valence-corrected chi connectivity index (χ3v) is 5.22. The molecule has 20 heavy (non-hydrogen) atoms. The molecule has 0 N–H and O–H groups in total. The van der Waals surface area contributed by atoms with Crippen molar-refractivity contribution in [1.29, 1.82) is 0 Å². The highest BCUT2D eigenvalue weighted by molar-refractivity contribution is 5.50. The van der Waals surface area contributed by atoms with Gasteiger partial charge in [0.25, 0.3) is 0 Å². The highest BCUT2D eigenvalue weighted by atomic mass is 15.2. The lowest BCUT2D eigenvalue weighted by atomic mass is 9.78. The van der Waals surface area contributed by atoms with Crippen molar-refractivity contribution >= 4 is 0 Å². The Balaban J connectivity index is 2.00. The van der Waals surface area contributed by atoms with Gasteiger partial charge in [-0.2, -0.15) is 0 Å². The lowest BCUT2D eigenvalue weighted by Gasteiger charge is -2.38. The van der Waals surface area contributed by atoms with E-state index in [0.717, 1.165) is 6.54 Å². The van der Waals surface area contributed by atoms with Crippen LogP contribution in [0.15, 0.2) is 48.5 Å². The van der Waals surface area contributed by atoms with Gasteiger partial charge in [-0.15, -0.1) is 0 Å². The molecule has 1 unspecified atom stereocenters. The van der Waals surface area contributed by atoms with E-state index in [1.807, 2.05) is 0 Å². The minimum atomic E-state index is 0.115. The first-order valence-electron chi connectivity index (χ1n) is 7.70. The molecule has 2 aromatic rings. The van der Waals surface area contributed by atoms with Gasteiger partial charge in [0.05, 0.1) is 5.54 Å². The van der Waals surface area contributed by atoms with Crippen molar-refractivity contribution in [3.8, 4) is 0 Å². The van der Waals surface area contributed by atoms with E-state index in [1.165, 1.54) is 36.8 Å². The van der Waals surface area contributed by atoms with E-state index in [4.69, 9.17) is 0 Å². The third kappa shape index (κ3) is 1.53. The molecule has 1 nitrogen and oxygen atoms in total. The zero-order valence-corrected chi connectivity index (χ0v) is 12.1. The maximum absolute atomic E-state index is 2.57. The van der Waals surface area contributed by atoms with Crippen molar-refractivity contribution in [2.24, 2.45) is 0 Å². The first kappa shape index (κ1) is 12.2. The third-order valence-electron chi connectivity index (χ3n) is 5.22. The Labute approximate surface area is 121 Å². The first-order chi connectivity index (χ1) is 9.82. The second-order valence-corrected chi connectivity index (χ2v) is 6.24. The Kier molecular flexibility index (Phi) is 2.71. The molecular formula is C19H21N. The molecule has 0 fully saturated rings. The molecule has 1 heteroatoms. The molecule has 4 rings (SSSR count). The van der Waals surface area contributed by atoms with Gasteiger partial charge in [-0.05, 0) is 48.6 Å². The summed E-state index contributed by atoms with van der Waals surface area (Å²) in [6, 6.07) is 18.1. The van der Waals surface area contributed by atoms with Gasteiger partial charge < -0.3 is 0 Å². The molecule has 1 aliphatic carbocycles. The van der Waals surface area contributed by atoms with Crippen LogP contribution in [0.4, 0.5) is 0 Å². The predicted octanol–water partition coefficient (Wildman–Crippen LogP) is 4.10. The van der Waals surface area contributed by atoms with Gasteiger partial charge in [0.15, 0.2) is 0 Å². The van der Waals surface area contributed by atoms with Crippen LogP contribution in [0.25, 0.3) is 0 Å². The van der Waals surface area contributed by atoms with Crippen LogP contribution in [0, 0.1) is 0 Å². The summed E-state index contributed by atoms with van der Waals surface area (Å²) < 4.78 is 0. The van der Waals surface area contributed by atoms with Crippen molar-refractivity contribution in [3.05, 3.63) is 70.8 Å². The van der Waals surface area contributed by atoms with Gasteiger partial charge in [-0.3, -0.25) is 4.90 Å². The summed E-state index contributed by atoms with van der Waals surface area (Å²) in [6.07, 6.45) is 5.10. The van der Waals surface area contributed by atoms with Crippen molar-refractivity contribution in [2.45, 2.75) is 37.8 Å². The molecule has 1 aliphatic heterocycles. The van der Waals surface area contributed by atoms with Crippen LogP contribution in [-0.2, 0) is 18.5 Å². The molecule has 0 saturated heterocycles. The van der Waals surface area contributed by atoms with Gasteiger partial charge >= 0.3 is 0 Å². The predicted molar refractivity (Wildman–Crippen MR) is 82.7 cm³/mol. The fourth-order valence-corrected chi connectivity index (χ4v) is 4.31. The number of aryl methyl sites for hydroxylation is 1. The lowest BCUT2D eigenvalue weighted by molar-refractivity contribution is 0.167. The second-order valence-electron chi connectivity index (χ2n) is 6.24. The number of fused-ring (bicyclic) bond motifs is 4. The Morgan fingerprint density at radius 1 is 0.850 bits per heavy atom. The van der Waals surface area contributed by atoms with Gasteiger partial charge in [-0.1, -0.05) is 55.0 Å². The first-order valence-corrected chi connectivity index (χ1v) is 7.70. The van der Waals surface area contributed by atoms with Gasteiger partial charge in [0.1, 0.15) is 0 Å². The number of nitrogens with zero attached hydrogens (tertiary/aromatic N) is 1. The molecule has 1 atom stereocenters. The van der Waals surface area contributed by atoms with Gasteiger partial charge in [0.2, 0.25) is 0 Å². The van der Waals surface area contributed by atoms with Crippen LogP contribution in [0.3, 0.4) is 0 Å². The van der Waals surface area contributed by atoms with Gasteiger partial charge in [0, 0.05) is 6.54 Å². The second kappa shape index (κ2) is 4.46. The summed E-state index contributed by atoms with van der Waals surface area (Å²) in [4.78, 5) is 2.57. The Morgan fingerprint density at radius 2 is 1.50 bits per heavy atom. The SMILES string of the molecule is CN1Cc2ccccc2C12CCCCc1ccccc12.